The summed E-state index contributed by atoms with van der Waals surface area (Å²) in [6.45, 7) is 4.37. The van der Waals surface area contributed by atoms with E-state index in [1.165, 1.54) is 17.4 Å². The summed E-state index contributed by atoms with van der Waals surface area (Å²) in [5.74, 6) is -0.934. The van der Waals surface area contributed by atoms with Crippen LogP contribution in [-0.4, -0.2) is 53.0 Å². The number of hydrogen-bond acceptors (Lipinski definition) is 6. The number of aryl methyl sites for hydroxylation is 1. The van der Waals surface area contributed by atoms with Gasteiger partial charge >= 0.3 is 6.18 Å². The van der Waals surface area contributed by atoms with E-state index in [0.29, 0.717) is 49.0 Å². The van der Waals surface area contributed by atoms with Crippen LogP contribution < -0.4 is 10.6 Å². The van der Waals surface area contributed by atoms with Crippen molar-refractivity contribution in [2.45, 2.75) is 19.6 Å². The molecule has 12 heteroatoms. The molecule has 0 atom stereocenters. The number of fused-ring (bicyclic) bond motifs is 3. The van der Waals surface area contributed by atoms with E-state index in [9.17, 15) is 22.8 Å². The van der Waals surface area contributed by atoms with Gasteiger partial charge in [0.05, 0.1) is 23.7 Å². The number of aromatic nitrogens is 2. The maximum absolute atomic E-state index is 13.7. The number of rotatable bonds is 6. The molecule has 1 saturated heterocycles. The number of nitrogens with zero attached hydrogens (tertiary/aromatic N) is 2. The quantitative estimate of drug-likeness (QED) is 0.210. The lowest BCUT2D eigenvalue weighted by atomic mass is 10.1. The fourth-order valence-electron chi connectivity index (χ4n) is 4.93. The molecule has 0 spiro atoms. The van der Waals surface area contributed by atoms with Gasteiger partial charge in [-0.15, -0.1) is 11.3 Å². The Morgan fingerprint density at radius 2 is 1.86 bits per heavy atom. The first kappa shape index (κ1) is 27.9. The molecule has 216 valence electrons. The summed E-state index contributed by atoms with van der Waals surface area (Å²) in [4.78, 5) is 36.2. The van der Waals surface area contributed by atoms with Gasteiger partial charge in [-0.1, -0.05) is 6.07 Å². The number of pyridine rings is 1. The predicted octanol–water partition coefficient (Wildman–Crippen LogP) is 6.44. The van der Waals surface area contributed by atoms with Gasteiger partial charge in [0.15, 0.2) is 0 Å². The van der Waals surface area contributed by atoms with Crippen molar-refractivity contribution in [2.75, 3.05) is 36.9 Å². The monoisotopic (exact) mass is 593 g/mol. The Hall–Kier alpha value is -4.26. The zero-order chi connectivity index (χ0) is 29.4. The summed E-state index contributed by atoms with van der Waals surface area (Å²) in [7, 11) is 0. The maximum Gasteiger partial charge on any atom is 0.416 e. The molecule has 5 aromatic rings. The Labute approximate surface area is 242 Å². The third-order valence-electron chi connectivity index (χ3n) is 7.12. The SMILES string of the molecule is Cc1ccc(C(=O)Nc2cc(CN3CCOCC3)cc(C(F)(F)F)c2)cc1NC(=O)c1cc2cnc3[nH]ccc3c2s1. The molecule has 3 aromatic heterocycles. The Kier molecular flexibility index (Phi) is 7.43. The third-order valence-corrected chi connectivity index (χ3v) is 8.31. The number of nitrogens with one attached hydrogen (secondary N) is 3. The highest BCUT2D eigenvalue weighted by molar-refractivity contribution is 7.21. The summed E-state index contributed by atoms with van der Waals surface area (Å²) in [6.07, 6.45) is -1.07. The molecule has 0 unspecified atom stereocenters. The van der Waals surface area contributed by atoms with Gasteiger partial charge in [0, 0.05) is 64.4 Å². The van der Waals surface area contributed by atoms with Crippen molar-refractivity contribution in [3.05, 3.63) is 88.1 Å². The molecule has 0 aliphatic carbocycles. The summed E-state index contributed by atoms with van der Waals surface area (Å²) < 4.78 is 47.3. The molecule has 6 rings (SSSR count). The lowest BCUT2D eigenvalue weighted by Gasteiger charge is -2.27. The van der Waals surface area contributed by atoms with Crippen LogP contribution in [0.3, 0.4) is 0 Å². The second-order valence-electron chi connectivity index (χ2n) is 10.1. The number of hydrogen-bond donors (Lipinski definition) is 3. The molecule has 1 aliphatic heterocycles. The Morgan fingerprint density at radius 3 is 2.64 bits per heavy atom. The van der Waals surface area contributed by atoms with Crippen molar-refractivity contribution in [3.63, 3.8) is 0 Å². The van der Waals surface area contributed by atoms with E-state index in [-0.39, 0.29) is 17.2 Å². The number of H-pyrrole nitrogens is 1. The van der Waals surface area contributed by atoms with Crippen LogP contribution in [0.1, 0.15) is 36.7 Å². The minimum absolute atomic E-state index is 0.0409. The zero-order valence-electron chi connectivity index (χ0n) is 22.5. The average Bonchev–Trinajstić information content (AvgIpc) is 3.61. The molecular formula is C30H26F3N5O3S. The fraction of sp³-hybridized carbons (Fsp3) is 0.233. The van der Waals surface area contributed by atoms with Crippen molar-refractivity contribution >= 4 is 55.6 Å². The van der Waals surface area contributed by atoms with Gasteiger partial charge < -0.3 is 20.4 Å². The smallest absolute Gasteiger partial charge is 0.379 e. The van der Waals surface area contributed by atoms with Crippen LogP contribution in [0.5, 0.6) is 0 Å². The predicted molar refractivity (Wildman–Crippen MR) is 156 cm³/mol. The molecule has 2 amide bonds. The summed E-state index contributed by atoms with van der Waals surface area (Å²) in [6, 6.07) is 12.0. The number of benzene rings is 2. The second-order valence-corrected chi connectivity index (χ2v) is 11.2. The number of amides is 2. The van der Waals surface area contributed by atoms with Gasteiger partial charge in [-0.05, 0) is 60.5 Å². The van der Waals surface area contributed by atoms with Crippen LogP contribution in [0, 0.1) is 6.92 Å². The van der Waals surface area contributed by atoms with E-state index in [1.807, 2.05) is 11.0 Å². The average molecular weight is 594 g/mol. The fourth-order valence-corrected chi connectivity index (χ4v) is 5.98. The van der Waals surface area contributed by atoms with Gasteiger partial charge in [0.25, 0.3) is 11.8 Å². The lowest BCUT2D eigenvalue weighted by Crippen LogP contribution is -2.35. The molecule has 0 radical (unpaired) electrons. The van der Waals surface area contributed by atoms with Crippen LogP contribution in [-0.2, 0) is 17.5 Å². The van der Waals surface area contributed by atoms with E-state index >= 15 is 0 Å². The highest BCUT2D eigenvalue weighted by atomic mass is 32.1. The number of thiophene rings is 1. The Bertz CT molecular complexity index is 1810. The summed E-state index contributed by atoms with van der Waals surface area (Å²) in [5, 5.41) is 7.25. The van der Waals surface area contributed by atoms with Crippen LogP contribution in [0.15, 0.2) is 60.9 Å². The lowest BCUT2D eigenvalue weighted by molar-refractivity contribution is -0.137. The minimum Gasteiger partial charge on any atom is -0.379 e. The van der Waals surface area contributed by atoms with Crippen molar-refractivity contribution in [1.29, 1.82) is 0 Å². The molecule has 3 N–H and O–H groups in total. The highest BCUT2D eigenvalue weighted by Crippen LogP contribution is 2.34. The van der Waals surface area contributed by atoms with Gasteiger partial charge in [-0.3, -0.25) is 14.5 Å². The van der Waals surface area contributed by atoms with Gasteiger partial charge in [-0.25, -0.2) is 4.98 Å². The minimum atomic E-state index is -4.57. The number of anilines is 2. The summed E-state index contributed by atoms with van der Waals surface area (Å²) in [5.41, 5.74) is 1.72. The summed E-state index contributed by atoms with van der Waals surface area (Å²) >= 11 is 1.34. The van der Waals surface area contributed by atoms with Crippen molar-refractivity contribution in [1.82, 2.24) is 14.9 Å². The van der Waals surface area contributed by atoms with E-state index in [1.54, 1.807) is 43.6 Å². The van der Waals surface area contributed by atoms with E-state index in [4.69, 9.17) is 4.74 Å². The standard InChI is InChI=1S/C30H26F3N5O3S/c1-17-2-3-19(12-24(17)37-29(40)25-13-20-15-35-27-23(4-5-34-27)26(20)42-25)28(39)36-22-11-18(10-21(14-22)30(31,32)33)16-38-6-8-41-9-7-38/h2-5,10-15H,6-9,16H2,1H3,(H,34,35)(H,36,39)(H,37,40). The van der Waals surface area contributed by atoms with Gasteiger partial charge in [0.2, 0.25) is 0 Å². The molecule has 2 aromatic carbocycles. The molecule has 0 bridgehead atoms. The number of ether oxygens (including phenoxy) is 1. The molecule has 42 heavy (non-hydrogen) atoms. The van der Waals surface area contributed by atoms with Crippen LogP contribution in [0.4, 0.5) is 24.5 Å². The zero-order valence-corrected chi connectivity index (χ0v) is 23.3. The molecule has 1 fully saturated rings. The Morgan fingerprint density at radius 1 is 1.05 bits per heavy atom. The van der Waals surface area contributed by atoms with E-state index in [2.05, 4.69) is 20.6 Å². The van der Waals surface area contributed by atoms with E-state index in [0.717, 1.165) is 38.8 Å². The number of morpholine rings is 1. The molecule has 8 nitrogen and oxygen atoms in total. The number of carbonyl (C=O) groups excluding carboxylic acids is 2. The first-order valence-electron chi connectivity index (χ1n) is 13.2. The largest absolute Gasteiger partial charge is 0.416 e. The van der Waals surface area contributed by atoms with Crippen molar-refractivity contribution in [2.24, 2.45) is 0 Å². The normalized spacial score (nSPS) is 14.4. The first-order chi connectivity index (χ1) is 20.1. The topological polar surface area (TPSA) is 99.4 Å². The third kappa shape index (κ3) is 5.87. The molecule has 0 saturated carbocycles. The van der Waals surface area contributed by atoms with Crippen LogP contribution >= 0.6 is 11.3 Å². The van der Waals surface area contributed by atoms with Crippen LogP contribution in [0.25, 0.3) is 21.1 Å². The number of halogens is 3. The van der Waals surface area contributed by atoms with Crippen molar-refractivity contribution in [3.8, 4) is 0 Å². The number of alkyl halides is 3. The maximum atomic E-state index is 13.7. The van der Waals surface area contributed by atoms with Gasteiger partial charge in [0.1, 0.15) is 5.65 Å². The number of aromatic amines is 1. The first-order valence-corrected chi connectivity index (χ1v) is 14.1. The highest BCUT2D eigenvalue weighted by Gasteiger charge is 2.31. The number of carbonyl (C=O) groups is 2. The molecule has 1 aliphatic rings. The second kappa shape index (κ2) is 11.2. The van der Waals surface area contributed by atoms with Crippen molar-refractivity contribution < 1.29 is 27.5 Å². The van der Waals surface area contributed by atoms with Gasteiger partial charge in [-0.2, -0.15) is 13.2 Å². The molecular weight excluding hydrogens is 567 g/mol. The molecule has 4 heterocycles. The van der Waals surface area contributed by atoms with Crippen LogP contribution in [0.2, 0.25) is 0 Å². The Balaban J connectivity index is 1.22. The van der Waals surface area contributed by atoms with E-state index < -0.39 is 17.6 Å².